The molecule has 0 saturated carbocycles. The number of nitrogens with zero attached hydrogens (tertiary/aromatic N) is 2. The lowest BCUT2D eigenvalue weighted by atomic mass is 9.98. The number of benzene rings is 1. The molecule has 20 heavy (non-hydrogen) atoms. The Labute approximate surface area is 123 Å². The number of halogens is 1. The Bertz CT molecular complexity index is 479. The van der Waals surface area contributed by atoms with Crippen LogP contribution in [-0.4, -0.2) is 36.6 Å². The molecule has 1 aliphatic rings. The average molecular weight is 299 g/mol. The Balaban J connectivity index is 2.00. The van der Waals surface area contributed by atoms with Crippen LogP contribution in [0.5, 0.6) is 0 Å². The molecule has 1 unspecified atom stereocenters. The second kappa shape index (κ2) is 7.02. The van der Waals surface area contributed by atoms with Crippen molar-refractivity contribution in [1.29, 1.82) is 0 Å². The number of nitro benzene ring substituents is 1. The van der Waals surface area contributed by atoms with Crippen LogP contribution in [0.25, 0.3) is 0 Å². The van der Waals surface area contributed by atoms with Gasteiger partial charge in [-0.2, -0.15) is 0 Å². The molecule has 1 saturated heterocycles. The van der Waals surface area contributed by atoms with Crippen LogP contribution in [0.4, 0.5) is 5.69 Å². The molecule has 110 valence electrons. The van der Waals surface area contributed by atoms with Gasteiger partial charge in [-0.05, 0) is 36.9 Å². The molecule has 0 radical (unpaired) electrons. The van der Waals surface area contributed by atoms with Gasteiger partial charge in [0.05, 0.1) is 16.6 Å². The van der Waals surface area contributed by atoms with Crippen LogP contribution < -0.4 is 0 Å². The molecule has 5 nitrogen and oxygen atoms in total. The molecule has 0 N–H and O–H groups in total. The Morgan fingerprint density at radius 3 is 3.00 bits per heavy atom. The molecule has 1 aliphatic heterocycles. The molecule has 1 heterocycles. The highest BCUT2D eigenvalue weighted by atomic mass is 35.5. The zero-order valence-electron chi connectivity index (χ0n) is 11.5. The van der Waals surface area contributed by atoms with Gasteiger partial charge in [0.2, 0.25) is 0 Å². The summed E-state index contributed by atoms with van der Waals surface area (Å²) in [6.45, 7) is 3.54. The van der Waals surface area contributed by atoms with Crippen molar-refractivity contribution in [2.75, 3.05) is 26.8 Å². The summed E-state index contributed by atoms with van der Waals surface area (Å²) < 4.78 is 5.22. The first kappa shape index (κ1) is 15.2. The first-order chi connectivity index (χ1) is 9.60. The summed E-state index contributed by atoms with van der Waals surface area (Å²) >= 11 is 6.13. The lowest BCUT2D eigenvalue weighted by Gasteiger charge is -2.32. The standard InChI is InChI=1S/C14H19ClN2O3/c1-20-10-11-3-2-6-16(8-11)9-12-4-5-13(17(18)19)7-14(12)15/h4-5,7,11H,2-3,6,8-10H2,1H3. The summed E-state index contributed by atoms with van der Waals surface area (Å²) in [6, 6.07) is 4.69. The highest BCUT2D eigenvalue weighted by molar-refractivity contribution is 6.31. The van der Waals surface area contributed by atoms with Crippen LogP contribution in [0, 0.1) is 16.0 Å². The molecule has 1 aromatic carbocycles. The number of hydrogen-bond donors (Lipinski definition) is 0. The second-order valence-electron chi connectivity index (χ2n) is 5.23. The van der Waals surface area contributed by atoms with Gasteiger partial charge in [0.1, 0.15) is 0 Å². The minimum absolute atomic E-state index is 0.0367. The van der Waals surface area contributed by atoms with Gasteiger partial charge in [0, 0.05) is 32.3 Å². The van der Waals surface area contributed by atoms with Crippen molar-refractivity contribution in [3.63, 3.8) is 0 Å². The number of likely N-dealkylation sites (tertiary alicyclic amines) is 1. The molecule has 0 amide bonds. The van der Waals surface area contributed by atoms with E-state index in [4.69, 9.17) is 16.3 Å². The van der Waals surface area contributed by atoms with E-state index in [0.717, 1.165) is 38.2 Å². The quantitative estimate of drug-likeness (QED) is 0.619. The van der Waals surface area contributed by atoms with E-state index in [1.807, 2.05) is 0 Å². The maximum Gasteiger partial charge on any atom is 0.270 e. The number of non-ortho nitro benzene ring substituents is 1. The van der Waals surface area contributed by atoms with E-state index < -0.39 is 4.92 Å². The van der Waals surface area contributed by atoms with Gasteiger partial charge >= 0.3 is 0 Å². The van der Waals surface area contributed by atoms with E-state index in [2.05, 4.69) is 4.90 Å². The maximum atomic E-state index is 10.7. The fourth-order valence-corrected chi connectivity index (χ4v) is 2.92. The summed E-state index contributed by atoms with van der Waals surface area (Å²) in [4.78, 5) is 12.6. The Morgan fingerprint density at radius 1 is 1.55 bits per heavy atom. The summed E-state index contributed by atoms with van der Waals surface area (Å²) in [5, 5.41) is 11.2. The van der Waals surface area contributed by atoms with E-state index in [0.29, 0.717) is 10.9 Å². The van der Waals surface area contributed by atoms with Gasteiger partial charge in [0.15, 0.2) is 0 Å². The van der Waals surface area contributed by atoms with Crippen LogP contribution in [0.15, 0.2) is 18.2 Å². The molecule has 2 rings (SSSR count). The highest BCUT2D eigenvalue weighted by Crippen LogP contribution is 2.25. The van der Waals surface area contributed by atoms with Gasteiger partial charge in [0.25, 0.3) is 5.69 Å². The zero-order valence-corrected chi connectivity index (χ0v) is 12.3. The largest absolute Gasteiger partial charge is 0.384 e. The average Bonchev–Trinajstić information content (AvgIpc) is 2.42. The molecule has 1 fully saturated rings. The third kappa shape index (κ3) is 3.91. The third-order valence-electron chi connectivity index (χ3n) is 3.65. The van der Waals surface area contributed by atoms with Crippen LogP contribution >= 0.6 is 11.6 Å². The predicted octanol–water partition coefficient (Wildman–Crippen LogP) is 3.11. The SMILES string of the molecule is COCC1CCCN(Cc2ccc([N+](=O)[O-])cc2Cl)C1. The summed E-state index contributed by atoms with van der Waals surface area (Å²) in [5.74, 6) is 0.561. The molecule has 1 aromatic rings. The summed E-state index contributed by atoms with van der Waals surface area (Å²) in [5.41, 5.74) is 0.977. The molecule has 0 bridgehead atoms. The Morgan fingerprint density at radius 2 is 2.35 bits per heavy atom. The van der Waals surface area contributed by atoms with E-state index in [9.17, 15) is 10.1 Å². The van der Waals surface area contributed by atoms with Crippen LogP contribution in [0.3, 0.4) is 0 Å². The number of hydrogen-bond acceptors (Lipinski definition) is 4. The van der Waals surface area contributed by atoms with E-state index in [1.54, 1.807) is 13.2 Å². The Kier molecular flexibility index (Phi) is 5.34. The zero-order chi connectivity index (χ0) is 14.5. The van der Waals surface area contributed by atoms with Gasteiger partial charge < -0.3 is 4.74 Å². The molecular formula is C14H19ClN2O3. The van der Waals surface area contributed by atoms with Crippen molar-refractivity contribution in [1.82, 2.24) is 4.90 Å². The minimum Gasteiger partial charge on any atom is -0.384 e. The van der Waals surface area contributed by atoms with Crippen molar-refractivity contribution in [3.8, 4) is 0 Å². The van der Waals surface area contributed by atoms with Gasteiger partial charge in [-0.25, -0.2) is 0 Å². The smallest absolute Gasteiger partial charge is 0.270 e. The lowest BCUT2D eigenvalue weighted by Crippen LogP contribution is -2.36. The van der Waals surface area contributed by atoms with Crippen molar-refractivity contribution in [2.24, 2.45) is 5.92 Å². The van der Waals surface area contributed by atoms with Crippen molar-refractivity contribution < 1.29 is 9.66 Å². The third-order valence-corrected chi connectivity index (χ3v) is 4.00. The highest BCUT2D eigenvalue weighted by Gasteiger charge is 2.21. The van der Waals surface area contributed by atoms with E-state index >= 15 is 0 Å². The molecule has 0 aromatic heterocycles. The fourth-order valence-electron chi connectivity index (χ4n) is 2.69. The molecular weight excluding hydrogens is 280 g/mol. The van der Waals surface area contributed by atoms with E-state index in [1.165, 1.54) is 18.6 Å². The van der Waals surface area contributed by atoms with Gasteiger partial charge in [-0.15, -0.1) is 0 Å². The number of piperidine rings is 1. The van der Waals surface area contributed by atoms with E-state index in [-0.39, 0.29) is 5.69 Å². The lowest BCUT2D eigenvalue weighted by molar-refractivity contribution is -0.384. The topological polar surface area (TPSA) is 55.6 Å². The van der Waals surface area contributed by atoms with Crippen molar-refractivity contribution in [2.45, 2.75) is 19.4 Å². The number of methoxy groups -OCH3 is 1. The predicted molar refractivity (Wildman–Crippen MR) is 78.0 cm³/mol. The number of rotatable bonds is 5. The molecule has 1 atom stereocenters. The van der Waals surface area contributed by atoms with Gasteiger partial charge in [-0.1, -0.05) is 11.6 Å². The van der Waals surface area contributed by atoms with Crippen molar-refractivity contribution in [3.05, 3.63) is 38.9 Å². The summed E-state index contributed by atoms with van der Waals surface area (Å²) in [6.07, 6.45) is 2.34. The fraction of sp³-hybridized carbons (Fsp3) is 0.571. The minimum atomic E-state index is -0.425. The number of nitro groups is 1. The maximum absolute atomic E-state index is 10.7. The molecule has 0 spiro atoms. The summed E-state index contributed by atoms with van der Waals surface area (Å²) in [7, 11) is 1.73. The second-order valence-corrected chi connectivity index (χ2v) is 5.64. The molecule has 0 aliphatic carbocycles. The monoisotopic (exact) mass is 298 g/mol. The first-order valence-corrected chi connectivity index (χ1v) is 7.12. The molecule has 6 heteroatoms. The normalized spacial score (nSPS) is 20.0. The van der Waals surface area contributed by atoms with Crippen molar-refractivity contribution >= 4 is 17.3 Å². The number of ether oxygens (including phenoxy) is 1. The first-order valence-electron chi connectivity index (χ1n) is 6.74. The van der Waals surface area contributed by atoms with Gasteiger partial charge in [-0.3, -0.25) is 15.0 Å². The van der Waals surface area contributed by atoms with Crippen LogP contribution in [0.1, 0.15) is 18.4 Å². The van der Waals surface area contributed by atoms with Crippen LogP contribution in [0.2, 0.25) is 5.02 Å². The Hall–Kier alpha value is -1.17. The van der Waals surface area contributed by atoms with Crippen LogP contribution in [-0.2, 0) is 11.3 Å².